The molecule has 1 N–H and O–H groups in total. The van der Waals surface area contributed by atoms with Gasteiger partial charge < -0.3 is 15.1 Å². The van der Waals surface area contributed by atoms with Gasteiger partial charge >= 0.3 is 0 Å². The van der Waals surface area contributed by atoms with Gasteiger partial charge in [-0.2, -0.15) is 0 Å². The Hall–Kier alpha value is -2.63. The van der Waals surface area contributed by atoms with Crippen LogP contribution in [0.2, 0.25) is 0 Å². The van der Waals surface area contributed by atoms with E-state index >= 15 is 0 Å². The predicted molar refractivity (Wildman–Crippen MR) is 101 cm³/mol. The Morgan fingerprint density at radius 3 is 2.24 bits per heavy atom. The van der Waals surface area contributed by atoms with Crippen molar-refractivity contribution in [1.82, 2.24) is 9.97 Å². The first-order valence-corrected chi connectivity index (χ1v) is 8.78. The second-order valence-electron chi connectivity index (χ2n) is 6.71. The number of hydrogen-bond donors (Lipinski definition) is 1. The summed E-state index contributed by atoms with van der Waals surface area (Å²) in [5.41, 5.74) is 0.751. The van der Waals surface area contributed by atoms with E-state index in [1.807, 2.05) is 50.4 Å². The standard InChI is InChI=1S/C19H25N5O/c1-15(2)13-19(25)22-16-6-7-18(21-14-16)24-11-9-23(10-12-24)17-5-3-4-8-20-17/h3-8,14-15H,9-13H2,1-2H3,(H,22,25). The minimum Gasteiger partial charge on any atom is -0.353 e. The van der Waals surface area contributed by atoms with Crippen molar-refractivity contribution in [2.24, 2.45) is 5.92 Å². The van der Waals surface area contributed by atoms with Crippen molar-refractivity contribution in [3.8, 4) is 0 Å². The molecule has 1 fully saturated rings. The topological polar surface area (TPSA) is 61.4 Å². The third kappa shape index (κ3) is 4.68. The zero-order valence-electron chi connectivity index (χ0n) is 14.9. The lowest BCUT2D eigenvalue weighted by Crippen LogP contribution is -2.47. The Kier molecular flexibility index (Phi) is 5.48. The fourth-order valence-electron chi connectivity index (χ4n) is 2.94. The highest BCUT2D eigenvalue weighted by Crippen LogP contribution is 2.19. The maximum absolute atomic E-state index is 11.8. The Bertz CT molecular complexity index is 679. The lowest BCUT2D eigenvalue weighted by Gasteiger charge is -2.36. The lowest BCUT2D eigenvalue weighted by atomic mass is 10.1. The number of pyridine rings is 2. The zero-order valence-corrected chi connectivity index (χ0v) is 14.9. The summed E-state index contributed by atoms with van der Waals surface area (Å²) in [7, 11) is 0. The van der Waals surface area contributed by atoms with Crippen molar-refractivity contribution >= 4 is 23.2 Å². The summed E-state index contributed by atoms with van der Waals surface area (Å²) in [5.74, 6) is 2.36. The number of carbonyl (C=O) groups is 1. The van der Waals surface area contributed by atoms with Crippen LogP contribution in [0, 0.1) is 5.92 Å². The van der Waals surface area contributed by atoms with Gasteiger partial charge in [-0.15, -0.1) is 0 Å². The minimum absolute atomic E-state index is 0.0357. The van der Waals surface area contributed by atoms with E-state index in [0.29, 0.717) is 12.3 Å². The third-order valence-electron chi connectivity index (χ3n) is 4.20. The first kappa shape index (κ1) is 17.2. The number of piperazine rings is 1. The van der Waals surface area contributed by atoms with Gasteiger partial charge in [0.2, 0.25) is 5.91 Å². The van der Waals surface area contributed by atoms with E-state index < -0.39 is 0 Å². The third-order valence-corrected chi connectivity index (χ3v) is 4.20. The summed E-state index contributed by atoms with van der Waals surface area (Å²) in [6, 6.07) is 9.89. The van der Waals surface area contributed by atoms with E-state index in [-0.39, 0.29) is 5.91 Å². The van der Waals surface area contributed by atoms with Crippen LogP contribution < -0.4 is 15.1 Å². The quantitative estimate of drug-likeness (QED) is 0.908. The Labute approximate surface area is 148 Å². The van der Waals surface area contributed by atoms with Gasteiger partial charge in [-0.05, 0) is 30.2 Å². The molecule has 3 rings (SSSR count). The summed E-state index contributed by atoms with van der Waals surface area (Å²) in [6.45, 7) is 7.72. The highest BCUT2D eigenvalue weighted by Gasteiger charge is 2.18. The minimum atomic E-state index is 0.0357. The van der Waals surface area contributed by atoms with Crippen LogP contribution in [0.3, 0.4) is 0 Å². The largest absolute Gasteiger partial charge is 0.353 e. The molecule has 0 atom stereocenters. The van der Waals surface area contributed by atoms with Gasteiger partial charge in [-0.3, -0.25) is 4.79 Å². The molecule has 1 saturated heterocycles. The van der Waals surface area contributed by atoms with Crippen molar-refractivity contribution in [3.05, 3.63) is 42.7 Å². The Balaban J connectivity index is 1.54. The van der Waals surface area contributed by atoms with Crippen LogP contribution in [-0.4, -0.2) is 42.1 Å². The van der Waals surface area contributed by atoms with E-state index in [4.69, 9.17) is 0 Å². The average molecular weight is 339 g/mol. The molecule has 1 aliphatic heterocycles. The molecule has 25 heavy (non-hydrogen) atoms. The monoisotopic (exact) mass is 339 g/mol. The molecule has 132 valence electrons. The van der Waals surface area contributed by atoms with Gasteiger partial charge in [0.05, 0.1) is 11.9 Å². The summed E-state index contributed by atoms with van der Waals surface area (Å²) in [4.78, 5) is 25.3. The molecule has 0 aliphatic carbocycles. The number of rotatable bonds is 5. The molecule has 6 nitrogen and oxygen atoms in total. The number of nitrogens with zero attached hydrogens (tertiary/aromatic N) is 4. The second-order valence-corrected chi connectivity index (χ2v) is 6.71. The first-order chi connectivity index (χ1) is 12.1. The van der Waals surface area contributed by atoms with Crippen LogP contribution in [0.25, 0.3) is 0 Å². The van der Waals surface area contributed by atoms with E-state index in [9.17, 15) is 4.79 Å². The Morgan fingerprint density at radius 2 is 1.72 bits per heavy atom. The van der Waals surface area contributed by atoms with Gasteiger partial charge in [-0.1, -0.05) is 19.9 Å². The molecular formula is C19H25N5O. The Morgan fingerprint density at radius 1 is 1.04 bits per heavy atom. The SMILES string of the molecule is CC(C)CC(=O)Nc1ccc(N2CCN(c3ccccn3)CC2)nc1. The van der Waals surface area contributed by atoms with Crippen molar-refractivity contribution in [2.45, 2.75) is 20.3 Å². The van der Waals surface area contributed by atoms with Crippen LogP contribution in [0.1, 0.15) is 20.3 Å². The van der Waals surface area contributed by atoms with Gasteiger partial charge in [0.1, 0.15) is 11.6 Å². The predicted octanol–water partition coefficient (Wildman–Crippen LogP) is 2.79. The van der Waals surface area contributed by atoms with Gasteiger partial charge in [0, 0.05) is 38.8 Å². The van der Waals surface area contributed by atoms with Crippen molar-refractivity contribution in [2.75, 3.05) is 41.3 Å². The summed E-state index contributed by atoms with van der Waals surface area (Å²) in [5, 5.41) is 2.90. The fraction of sp³-hybridized carbons (Fsp3) is 0.421. The van der Waals surface area contributed by atoms with Crippen LogP contribution in [0.5, 0.6) is 0 Å². The van der Waals surface area contributed by atoms with Crippen LogP contribution >= 0.6 is 0 Å². The fourth-order valence-corrected chi connectivity index (χ4v) is 2.94. The van der Waals surface area contributed by atoms with Crippen LogP contribution in [0.15, 0.2) is 42.7 Å². The molecule has 6 heteroatoms. The lowest BCUT2D eigenvalue weighted by molar-refractivity contribution is -0.116. The second kappa shape index (κ2) is 7.96. The van der Waals surface area contributed by atoms with Gasteiger partial charge in [-0.25, -0.2) is 9.97 Å². The molecule has 0 bridgehead atoms. The van der Waals surface area contributed by atoms with Crippen molar-refractivity contribution in [3.63, 3.8) is 0 Å². The summed E-state index contributed by atoms with van der Waals surface area (Å²) in [6.07, 6.45) is 4.09. The number of anilines is 3. The molecule has 0 aromatic carbocycles. The average Bonchev–Trinajstić information content (AvgIpc) is 2.62. The summed E-state index contributed by atoms with van der Waals surface area (Å²) < 4.78 is 0. The molecule has 3 heterocycles. The van der Waals surface area contributed by atoms with E-state index in [2.05, 4.69) is 25.1 Å². The van der Waals surface area contributed by atoms with Gasteiger partial charge in [0.25, 0.3) is 0 Å². The highest BCUT2D eigenvalue weighted by atomic mass is 16.1. The molecule has 0 unspecified atom stereocenters. The van der Waals surface area contributed by atoms with Crippen LogP contribution in [-0.2, 0) is 4.79 Å². The first-order valence-electron chi connectivity index (χ1n) is 8.78. The molecule has 1 aliphatic rings. The number of nitrogens with one attached hydrogen (secondary N) is 1. The maximum Gasteiger partial charge on any atom is 0.224 e. The smallest absolute Gasteiger partial charge is 0.224 e. The number of carbonyl (C=O) groups excluding carboxylic acids is 1. The molecular weight excluding hydrogens is 314 g/mol. The number of amides is 1. The molecule has 0 spiro atoms. The highest BCUT2D eigenvalue weighted by molar-refractivity contribution is 5.90. The summed E-state index contributed by atoms with van der Waals surface area (Å²) >= 11 is 0. The molecule has 2 aromatic heterocycles. The van der Waals surface area contributed by atoms with E-state index in [1.54, 1.807) is 6.20 Å². The van der Waals surface area contributed by atoms with E-state index in [0.717, 1.165) is 43.5 Å². The normalized spacial score (nSPS) is 14.7. The molecule has 0 radical (unpaired) electrons. The molecule has 2 aromatic rings. The molecule has 1 amide bonds. The van der Waals surface area contributed by atoms with Gasteiger partial charge in [0.15, 0.2) is 0 Å². The zero-order chi connectivity index (χ0) is 17.6. The number of hydrogen-bond acceptors (Lipinski definition) is 5. The van der Waals surface area contributed by atoms with Crippen LogP contribution in [0.4, 0.5) is 17.3 Å². The molecule has 0 saturated carbocycles. The maximum atomic E-state index is 11.8. The number of aromatic nitrogens is 2. The van der Waals surface area contributed by atoms with E-state index in [1.165, 1.54) is 0 Å². The van der Waals surface area contributed by atoms with Crippen molar-refractivity contribution in [1.29, 1.82) is 0 Å². The van der Waals surface area contributed by atoms with Crippen molar-refractivity contribution < 1.29 is 4.79 Å².